The molecule has 10 N–H and O–H groups in total. The minimum Gasteiger partial charge on any atom is -0.508 e. The first-order valence-corrected chi connectivity index (χ1v) is 11.5. The fourth-order valence-electron chi connectivity index (χ4n) is 3.20. The minimum atomic E-state index is -1.34. The van der Waals surface area contributed by atoms with Gasteiger partial charge in [0.15, 0.2) is 0 Å². The summed E-state index contributed by atoms with van der Waals surface area (Å²) in [6.07, 6.45) is 0.618. The largest absolute Gasteiger partial charge is 0.508 e. The topological polar surface area (TPSA) is 234 Å². The van der Waals surface area contributed by atoms with Crippen LogP contribution in [0.5, 0.6) is 5.75 Å². The summed E-state index contributed by atoms with van der Waals surface area (Å²) < 4.78 is 0. The standard InChI is InChI=1S/C23H35N5O8/c1-13(23(35)36)26-21(33)18(9-10-19(30)31)28-22(34)17(4-2-3-11-24)27-20(32)16(25)12-14-5-7-15(29)8-6-14/h5-8,13,16-18,29H,2-4,9-12,24-25H2,1H3,(H,26,33)(H,27,32)(H,28,34)(H,30,31)(H,35,36). The molecule has 0 radical (unpaired) electrons. The molecule has 13 nitrogen and oxygen atoms in total. The average molecular weight is 510 g/mol. The molecule has 200 valence electrons. The number of aromatic hydroxyl groups is 1. The van der Waals surface area contributed by atoms with E-state index in [1.807, 2.05) is 0 Å². The lowest BCUT2D eigenvalue weighted by molar-refractivity contribution is -0.142. The molecule has 3 amide bonds. The van der Waals surface area contributed by atoms with Gasteiger partial charge in [-0.1, -0.05) is 12.1 Å². The molecule has 0 fully saturated rings. The second kappa shape index (κ2) is 15.3. The highest BCUT2D eigenvalue weighted by atomic mass is 16.4. The van der Waals surface area contributed by atoms with Gasteiger partial charge in [-0.2, -0.15) is 0 Å². The Kier molecular flexibility index (Phi) is 12.9. The van der Waals surface area contributed by atoms with Crippen molar-refractivity contribution in [2.24, 2.45) is 11.5 Å². The number of hydrogen-bond acceptors (Lipinski definition) is 8. The first kappa shape index (κ1) is 30.3. The molecule has 0 saturated heterocycles. The van der Waals surface area contributed by atoms with E-state index in [0.717, 1.165) is 0 Å². The number of hydrogen-bond donors (Lipinski definition) is 8. The van der Waals surface area contributed by atoms with Crippen molar-refractivity contribution in [2.75, 3.05) is 6.54 Å². The molecule has 0 bridgehead atoms. The number of carboxylic acid groups (broad SMARTS) is 2. The van der Waals surface area contributed by atoms with Crippen molar-refractivity contribution in [2.45, 2.75) is 69.6 Å². The van der Waals surface area contributed by atoms with E-state index in [1.165, 1.54) is 19.1 Å². The van der Waals surface area contributed by atoms with Crippen LogP contribution < -0.4 is 27.4 Å². The molecule has 13 heteroatoms. The summed E-state index contributed by atoms with van der Waals surface area (Å²) in [7, 11) is 0. The predicted octanol–water partition coefficient (Wildman–Crippen LogP) is -1.19. The zero-order valence-electron chi connectivity index (χ0n) is 20.1. The van der Waals surface area contributed by atoms with Gasteiger partial charge >= 0.3 is 11.9 Å². The van der Waals surface area contributed by atoms with Crippen LogP contribution in [0.4, 0.5) is 0 Å². The lowest BCUT2D eigenvalue weighted by Gasteiger charge is -2.24. The first-order valence-electron chi connectivity index (χ1n) is 11.5. The Bertz CT molecular complexity index is 908. The van der Waals surface area contributed by atoms with Gasteiger partial charge in [0.2, 0.25) is 17.7 Å². The highest BCUT2D eigenvalue weighted by Crippen LogP contribution is 2.11. The van der Waals surface area contributed by atoms with Gasteiger partial charge in [0.1, 0.15) is 23.9 Å². The van der Waals surface area contributed by atoms with E-state index >= 15 is 0 Å². The first-order chi connectivity index (χ1) is 16.9. The van der Waals surface area contributed by atoms with Crippen LogP contribution in [0.2, 0.25) is 0 Å². The molecule has 0 aliphatic carbocycles. The molecule has 0 aromatic heterocycles. The summed E-state index contributed by atoms with van der Waals surface area (Å²) in [6.45, 7) is 1.58. The number of phenols is 1. The van der Waals surface area contributed by atoms with Crippen molar-refractivity contribution in [1.29, 1.82) is 0 Å². The van der Waals surface area contributed by atoms with Gasteiger partial charge in [-0.15, -0.1) is 0 Å². The molecule has 0 aliphatic heterocycles. The third-order valence-corrected chi connectivity index (χ3v) is 5.32. The number of unbranched alkanes of at least 4 members (excludes halogenated alkanes) is 1. The molecule has 1 aromatic carbocycles. The Morgan fingerprint density at radius 1 is 0.861 bits per heavy atom. The monoisotopic (exact) mass is 509 g/mol. The Balaban J connectivity index is 2.94. The van der Waals surface area contributed by atoms with Crippen molar-refractivity contribution in [1.82, 2.24) is 16.0 Å². The van der Waals surface area contributed by atoms with E-state index in [2.05, 4.69) is 16.0 Å². The highest BCUT2D eigenvalue weighted by Gasteiger charge is 2.29. The third-order valence-electron chi connectivity index (χ3n) is 5.32. The van der Waals surface area contributed by atoms with Gasteiger partial charge in [-0.25, -0.2) is 0 Å². The number of nitrogens with one attached hydrogen (secondary N) is 3. The van der Waals surface area contributed by atoms with E-state index in [1.54, 1.807) is 12.1 Å². The minimum absolute atomic E-state index is 0.0626. The second-order valence-corrected chi connectivity index (χ2v) is 8.38. The number of amides is 3. The lowest BCUT2D eigenvalue weighted by Crippen LogP contribution is -2.57. The maximum Gasteiger partial charge on any atom is 0.325 e. The number of carbonyl (C=O) groups excluding carboxylic acids is 3. The number of benzene rings is 1. The van der Waals surface area contributed by atoms with Crippen LogP contribution in [0, 0.1) is 0 Å². The number of aliphatic carboxylic acids is 2. The number of carboxylic acids is 2. The normalized spacial score (nSPS) is 14.1. The smallest absolute Gasteiger partial charge is 0.325 e. The van der Waals surface area contributed by atoms with Crippen molar-refractivity contribution in [3.05, 3.63) is 29.8 Å². The van der Waals surface area contributed by atoms with Crippen LogP contribution in [-0.4, -0.2) is 75.7 Å². The highest BCUT2D eigenvalue weighted by molar-refractivity contribution is 5.94. The molecule has 0 heterocycles. The molecule has 0 aliphatic rings. The second-order valence-electron chi connectivity index (χ2n) is 8.38. The molecule has 0 spiro atoms. The molecule has 1 aromatic rings. The molecule has 36 heavy (non-hydrogen) atoms. The van der Waals surface area contributed by atoms with Gasteiger partial charge in [0.05, 0.1) is 6.04 Å². The van der Waals surface area contributed by atoms with E-state index < -0.39 is 60.2 Å². The average Bonchev–Trinajstić information content (AvgIpc) is 2.81. The Labute approximate surface area is 208 Å². The Morgan fingerprint density at radius 2 is 1.42 bits per heavy atom. The van der Waals surface area contributed by atoms with Gasteiger partial charge in [-0.3, -0.25) is 24.0 Å². The predicted molar refractivity (Wildman–Crippen MR) is 129 cm³/mol. The van der Waals surface area contributed by atoms with Crippen LogP contribution >= 0.6 is 0 Å². The van der Waals surface area contributed by atoms with Crippen molar-refractivity contribution >= 4 is 29.7 Å². The van der Waals surface area contributed by atoms with Gasteiger partial charge in [-0.05, 0) is 63.3 Å². The summed E-state index contributed by atoms with van der Waals surface area (Å²) in [5.74, 6) is -4.68. The molecule has 4 atom stereocenters. The van der Waals surface area contributed by atoms with E-state index in [4.69, 9.17) is 21.7 Å². The van der Waals surface area contributed by atoms with Crippen molar-refractivity contribution < 1.29 is 39.3 Å². The molecule has 4 unspecified atom stereocenters. The summed E-state index contributed by atoms with van der Waals surface area (Å²) >= 11 is 0. The Morgan fingerprint density at radius 3 is 1.97 bits per heavy atom. The lowest BCUT2D eigenvalue weighted by atomic mass is 10.0. The van der Waals surface area contributed by atoms with E-state index in [9.17, 15) is 29.1 Å². The van der Waals surface area contributed by atoms with Crippen LogP contribution in [0.25, 0.3) is 0 Å². The van der Waals surface area contributed by atoms with Gasteiger partial charge in [0.25, 0.3) is 0 Å². The zero-order valence-corrected chi connectivity index (χ0v) is 20.1. The third kappa shape index (κ3) is 11.1. The van der Waals surface area contributed by atoms with Crippen LogP contribution in [0.15, 0.2) is 24.3 Å². The SMILES string of the molecule is CC(NC(=O)C(CCC(=O)O)NC(=O)C(CCCCN)NC(=O)C(N)Cc1ccc(O)cc1)C(=O)O. The van der Waals surface area contributed by atoms with Crippen molar-refractivity contribution in [3.63, 3.8) is 0 Å². The number of nitrogens with two attached hydrogens (primary N) is 2. The summed E-state index contributed by atoms with van der Waals surface area (Å²) in [4.78, 5) is 60.3. The van der Waals surface area contributed by atoms with Crippen LogP contribution in [0.1, 0.15) is 44.6 Å². The molecular formula is C23H35N5O8. The van der Waals surface area contributed by atoms with Crippen LogP contribution in [-0.2, 0) is 30.4 Å². The van der Waals surface area contributed by atoms with E-state index in [-0.39, 0.29) is 25.0 Å². The van der Waals surface area contributed by atoms with Gasteiger partial charge in [0, 0.05) is 6.42 Å². The maximum absolute atomic E-state index is 13.0. The number of rotatable bonds is 16. The van der Waals surface area contributed by atoms with Crippen LogP contribution in [0.3, 0.4) is 0 Å². The molecule has 0 saturated carbocycles. The number of phenolic OH excluding ortho intramolecular Hbond substituents is 1. The van der Waals surface area contributed by atoms with E-state index in [0.29, 0.717) is 24.9 Å². The fourth-order valence-corrected chi connectivity index (χ4v) is 3.20. The quantitative estimate of drug-likeness (QED) is 0.124. The van der Waals surface area contributed by atoms with Crippen molar-refractivity contribution in [3.8, 4) is 5.75 Å². The Hall–Kier alpha value is -3.71. The summed E-state index contributed by atoms with van der Waals surface area (Å²) in [6, 6.07) is 1.42. The summed E-state index contributed by atoms with van der Waals surface area (Å²) in [5, 5.41) is 34.6. The van der Waals surface area contributed by atoms with Gasteiger partial charge < -0.3 is 42.7 Å². The zero-order chi connectivity index (χ0) is 27.3. The number of carbonyl (C=O) groups is 5. The fraction of sp³-hybridized carbons (Fsp3) is 0.522. The molecular weight excluding hydrogens is 474 g/mol. The maximum atomic E-state index is 13.0. The summed E-state index contributed by atoms with van der Waals surface area (Å²) in [5.41, 5.74) is 12.2. The molecule has 1 rings (SSSR count).